The molecule has 3 heteroatoms. The number of likely N-dealkylation sites (tertiary alicyclic amines) is 1. The van der Waals surface area contributed by atoms with Gasteiger partial charge in [0.25, 0.3) is 0 Å². The molecule has 0 spiro atoms. The first kappa shape index (κ1) is 11.4. The van der Waals surface area contributed by atoms with E-state index in [1.54, 1.807) is 0 Å². The second kappa shape index (κ2) is 5.85. The van der Waals surface area contributed by atoms with E-state index in [1.165, 1.54) is 43.7 Å². The molecule has 0 amide bonds. The average Bonchev–Trinajstić information content (AvgIpc) is 2.31. The number of aromatic nitrogens is 1. The fraction of sp³-hybridized carbons (Fsp3) is 0.615. The van der Waals surface area contributed by atoms with Gasteiger partial charge in [-0.3, -0.25) is 9.88 Å². The van der Waals surface area contributed by atoms with Crippen LogP contribution in [0.25, 0.3) is 0 Å². The van der Waals surface area contributed by atoms with Crippen LogP contribution in [0.5, 0.6) is 0 Å². The highest BCUT2D eigenvalue weighted by Crippen LogP contribution is 2.14. The number of anilines is 1. The van der Waals surface area contributed by atoms with Crippen LogP contribution in [0.4, 0.5) is 5.69 Å². The molecule has 1 N–H and O–H groups in total. The predicted octanol–water partition coefficient (Wildman–Crippen LogP) is 2.50. The van der Waals surface area contributed by atoms with E-state index in [0.29, 0.717) is 0 Å². The maximum atomic E-state index is 4.43. The molecule has 1 aromatic rings. The molecule has 0 aliphatic carbocycles. The highest BCUT2D eigenvalue weighted by molar-refractivity contribution is 5.42. The van der Waals surface area contributed by atoms with Gasteiger partial charge in [-0.1, -0.05) is 6.42 Å². The number of piperidine rings is 1. The topological polar surface area (TPSA) is 28.2 Å². The molecular formula is C13H21N3. The largest absolute Gasteiger partial charge is 0.385 e. The van der Waals surface area contributed by atoms with Gasteiger partial charge < -0.3 is 5.32 Å². The molecule has 0 atom stereocenters. The van der Waals surface area contributed by atoms with Gasteiger partial charge in [0.2, 0.25) is 0 Å². The fourth-order valence-electron chi connectivity index (χ4n) is 2.23. The third-order valence-electron chi connectivity index (χ3n) is 3.03. The second-order valence-electron chi connectivity index (χ2n) is 4.40. The Labute approximate surface area is 97.9 Å². The highest BCUT2D eigenvalue weighted by atomic mass is 15.1. The Morgan fingerprint density at radius 2 is 2.12 bits per heavy atom. The quantitative estimate of drug-likeness (QED) is 0.843. The third-order valence-corrected chi connectivity index (χ3v) is 3.03. The number of hydrogen-bond donors (Lipinski definition) is 1. The van der Waals surface area contributed by atoms with Crippen LogP contribution in [-0.4, -0.2) is 29.5 Å². The molecule has 16 heavy (non-hydrogen) atoms. The lowest BCUT2D eigenvalue weighted by molar-refractivity contribution is 0.218. The molecule has 88 valence electrons. The summed E-state index contributed by atoms with van der Waals surface area (Å²) in [6.07, 6.45) is 5.97. The molecule has 0 aromatic carbocycles. The van der Waals surface area contributed by atoms with Crippen LogP contribution in [0.15, 0.2) is 18.3 Å². The number of pyridine rings is 1. The average molecular weight is 219 g/mol. The lowest BCUT2D eigenvalue weighted by Crippen LogP contribution is -2.29. The SMILES string of the molecule is CCNc1ccnc(CN2CCCCC2)c1. The van der Waals surface area contributed by atoms with Gasteiger partial charge in [0, 0.05) is 25.0 Å². The highest BCUT2D eigenvalue weighted by Gasteiger charge is 2.10. The molecule has 0 radical (unpaired) electrons. The van der Waals surface area contributed by atoms with Gasteiger partial charge in [0.1, 0.15) is 0 Å². The Kier molecular flexibility index (Phi) is 4.17. The van der Waals surface area contributed by atoms with Gasteiger partial charge in [0.15, 0.2) is 0 Å². The summed E-state index contributed by atoms with van der Waals surface area (Å²) in [6, 6.07) is 4.20. The first-order valence-corrected chi connectivity index (χ1v) is 6.29. The van der Waals surface area contributed by atoms with E-state index in [4.69, 9.17) is 0 Å². The molecule has 1 saturated heterocycles. The van der Waals surface area contributed by atoms with Crippen LogP contribution in [-0.2, 0) is 6.54 Å². The zero-order valence-electron chi connectivity index (χ0n) is 10.1. The predicted molar refractivity (Wildman–Crippen MR) is 67.5 cm³/mol. The summed E-state index contributed by atoms with van der Waals surface area (Å²) in [5.41, 5.74) is 2.37. The van der Waals surface area contributed by atoms with Gasteiger partial charge in [-0.25, -0.2) is 0 Å². The van der Waals surface area contributed by atoms with Gasteiger partial charge in [-0.05, 0) is 45.0 Å². The van der Waals surface area contributed by atoms with Crippen LogP contribution in [0.3, 0.4) is 0 Å². The molecule has 1 aromatic heterocycles. The standard InChI is InChI=1S/C13H21N3/c1-2-14-12-6-7-15-13(10-12)11-16-8-4-3-5-9-16/h6-7,10H,2-5,8-9,11H2,1H3,(H,14,15). The molecule has 1 aliphatic heterocycles. The minimum atomic E-state index is 0.965. The fourth-order valence-corrected chi connectivity index (χ4v) is 2.23. The summed E-state index contributed by atoms with van der Waals surface area (Å²) in [7, 11) is 0. The number of hydrogen-bond acceptors (Lipinski definition) is 3. The Morgan fingerprint density at radius 3 is 2.88 bits per heavy atom. The Bertz CT molecular complexity index is 319. The van der Waals surface area contributed by atoms with Crippen molar-refractivity contribution in [2.45, 2.75) is 32.7 Å². The summed E-state index contributed by atoms with van der Waals surface area (Å²) in [5, 5.41) is 3.33. The van der Waals surface area contributed by atoms with Crippen molar-refractivity contribution in [2.24, 2.45) is 0 Å². The summed E-state index contributed by atoms with van der Waals surface area (Å²) in [6.45, 7) is 6.54. The molecule has 3 nitrogen and oxygen atoms in total. The van der Waals surface area contributed by atoms with Crippen LogP contribution < -0.4 is 5.32 Å². The van der Waals surface area contributed by atoms with Crippen LogP contribution in [0.2, 0.25) is 0 Å². The van der Waals surface area contributed by atoms with E-state index in [1.807, 2.05) is 12.3 Å². The first-order chi connectivity index (χ1) is 7.88. The van der Waals surface area contributed by atoms with E-state index in [0.717, 1.165) is 13.1 Å². The molecule has 2 rings (SSSR count). The lowest BCUT2D eigenvalue weighted by atomic mass is 10.1. The third kappa shape index (κ3) is 3.20. The van der Waals surface area contributed by atoms with E-state index < -0.39 is 0 Å². The van der Waals surface area contributed by atoms with E-state index in [9.17, 15) is 0 Å². The molecule has 0 bridgehead atoms. The Hall–Kier alpha value is -1.09. The van der Waals surface area contributed by atoms with E-state index in [2.05, 4.69) is 28.2 Å². The normalized spacial score (nSPS) is 17.3. The summed E-state index contributed by atoms with van der Waals surface area (Å²) in [4.78, 5) is 6.94. The van der Waals surface area contributed by atoms with Gasteiger partial charge in [-0.15, -0.1) is 0 Å². The van der Waals surface area contributed by atoms with Crippen molar-refractivity contribution in [2.75, 3.05) is 25.0 Å². The minimum absolute atomic E-state index is 0.965. The monoisotopic (exact) mass is 219 g/mol. The minimum Gasteiger partial charge on any atom is -0.385 e. The van der Waals surface area contributed by atoms with Crippen LogP contribution in [0.1, 0.15) is 31.9 Å². The van der Waals surface area contributed by atoms with Crippen molar-refractivity contribution < 1.29 is 0 Å². The number of nitrogens with one attached hydrogen (secondary N) is 1. The van der Waals surface area contributed by atoms with Crippen LogP contribution >= 0.6 is 0 Å². The summed E-state index contributed by atoms with van der Waals surface area (Å²) in [5.74, 6) is 0. The lowest BCUT2D eigenvalue weighted by Gasteiger charge is -2.26. The van der Waals surface area contributed by atoms with Crippen molar-refractivity contribution in [1.82, 2.24) is 9.88 Å². The van der Waals surface area contributed by atoms with E-state index in [-0.39, 0.29) is 0 Å². The molecule has 0 unspecified atom stereocenters. The zero-order valence-corrected chi connectivity index (χ0v) is 10.1. The van der Waals surface area contributed by atoms with Crippen molar-refractivity contribution in [1.29, 1.82) is 0 Å². The Balaban J connectivity index is 1.94. The molecule has 0 saturated carbocycles. The van der Waals surface area contributed by atoms with Crippen LogP contribution in [0, 0.1) is 0 Å². The maximum absolute atomic E-state index is 4.43. The van der Waals surface area contributed by atoms with Gasteiger partial charge in [-0.2, -0.15) is 0 Å². The van der Waals surface area contributed by atoms with Crippen molar-refractivity contribution >= 4 is 5.69 Å². The second-order valence-corrected chi connectivity index (χ2v) is 4.40. The van der Waals surface area contributed by atoms with Crippen molar-refractivity contribution in [3.8, 4) is 0 Å². The molecule has 1 fully saturated rings. The maximum Gasteiger partial charge on any atom is 0.0564 e. The van der Waals surface area contributed by atoms with E-state index >= 15 is 0 Å². The number of rotatable bonds is 4. The van der Waals surface area contributed by atoms with Gasteiger partial charge in [0.05, 0.1) is 5.69 Å². The molecular weight excluding hydrogens is 198 g/mol. The Morgan fingerprint density at radius 1 is 1.31 bits per heavy atom. The van der Waals surface area contributed by atoms with Crippen molar-refractivity contribution in [3.05, 3.63) is 24.0 Å². The summed E-state index contributed by atoms with van der Waals surface area (Å²) < 4.78 is 0. The summed E-state index contributed by atoms with van der Waals surface area (Å²) >= 11 is 0. The van der Waals surface area contributed by atoms with Gasteiger partial charge >= 0.3 is 0 Å². The van der Waals surface area contributed by atoms with Crippen molar-refractivity contribution in [3.63, 3.8) is 0 Å². The zero-order chi connectivity index (χ0) is 11.2. The molecule has 1 aliphatic rings. The first-order valence-electron chi connectivity index (χ1n) is 6.29. The number of nitrogens with zero attached hydrogens (tertiary/aromatic N) is 2. The smallest absolute Gasteiger partial charge is 0.0564 e. The molecule has 2 heterocycles.